The summed E-state index contributed by atoms with van der Waals surface area (Å²) in [6.45, 7) is 9.37. The highest BCUT2D eigenvalue weighted by atomic mass is 32.2. The van der Waals surface area contributed by atoms with Crippen molar-refractivity contribution < 1.29 is 0 Å². The van der Waals surface area contributed by atoms with E-state index in [-0.39, 0.29) is 0 Å². The number of hydrogen-bond donors (Lipinski definition) is 0. The van der Waals surface area contributed by atoms with Gasteiger partial charge in [0.15, 0.2) is 0 Å². The minimum atomic E-state index is 0.938. The van der Waals surface area contributed by atoms with Crippen LogP contribution in [-0.2, 0) is 0 Å². The normalized spacial score (nSPS) is 13.9. The second-order valence-electron chi connectivity index (χ2n) is 8.07. The summed E-state index contributed by atoms with van der Waals surface area (Å²) in [4.78, 5) is 0. The first-order chi connectivity index (χ1) is 12.3. The Labute approximate surface area is 165 Å². The van der Waals surface area contributed by atoms with Crippen LogP contribution >= 0.6 is 11.8 Å². The van der Waals surface area contributed by atoms with Crippen LogP contribution in [0.5, 0.6) is 0 Å². The molecular formula is C24H50S. The van der Waals surface area contributed by atoms with Gasteiger partial charge < -0.3 is 0 Å². The highest BCUT2D eigenvalue weighted by Crippen LogP contribution is 2.32. The molecule has 0 bridgehead atoms. The minimum Gasteiger partial charge on any atom is -0.155 e. The smallest absolute Gasteiger partial charge is 0.00497 e. The van der Waals surface area contributed by atoms with E-state index in [1.807, 2.05) is 0 Å². The highest BCUT2D eigenvalue weighted by molar-refractivity contribution is 8.00. The zero-order valence-corrected chi connectivity index (χ0v) is 19.1. The standard InChI is InChI=1S/C24H50S/c1-5-9-11-13-15-17-21-23(19-7-3)25-24(20-8-4)22-18-16-14-12-10-6-2/h23-24H,5-22H2,1-4H3. The Kier molecular flexibility index (Phi) is 20.9. The van der Waals surface area contributed by atoms with Crippen LogP contribution in [0.15, 0.2) is 0 Å². The summed E-state index contributed by atoms with van der Waals surface area (Å²) in [5, 5.41) is 1.88. The molecule has 0 amide bonds. The van der Waals surface area contributed by atoms with Crippen LogP contribution in [0.1, 0.15) is 143 Å². The van der Waals surface area contributed by atoms with Gasteiger partial charge in [-0.1, -0.05) is 118 Å². The average molecular weight is 371 g/mol. The third kappa shape index (κ3) is 17.5. The van der Waals surface area contributed by atoms with Crippen LogP contribution in [-0.4, -0.2) is 10.5 Å². The van der Waals surface area contributed by atoms with Crippen LogP contribution in [0, 0.1) is 0 Å². The van der Waals surface area contributed by atoms with E-state index in [9.17, 15) is 0 Å². The molecule has 0 aliphatic carbocycles. The lowest BCUT2D eigenvalue weighted by atomic mass is 10.1. The van der Waals surface area contributed by atoms with Crippen molar-refractivity contribution in [2.24, 2.45) is 0 Å². The quantitative estimate of drug-likeness (QED) is 0.192. The molecule has 0 saturated heterocycles. The average Bonchev–Trinajstić information content (AvgIpc) is 2.61. The summed E-state index contributed by atoms with van der Waals surface area (Å²) in [6.07, 6.45) is 25.9. The van der Waals surface area contributed by atoms with Crippen LogP contribution in [0.3, 0.4) is 0 Å². The molecule has 2 atom stereocenters. The largest absolute Gasteiger partial charge is 0.155 e. The van der Waals surface area contributed by atoms with E-state index in [0.29, 0.717) is 0 Å². The molecule has 0 fully saturated rings. The first-order valence-corrected chi connectivity index (χ1v) is 12.9. The molecule has 0 heterocycles. The van der Waals surface area contributed by atoms with Gasteiger partial charge in [0.25, 0.3) is 0 Å². The van der Waals surface area contributed by atoms with E-state index in [1.54, 1.807) is 0 Å². The van der Waals surface area contributed by atoms with Gasteiger partial charge in [-0.2, -0.15) is 11.8 Å². The minimum absolute atomic E-state index is 0.938. The van der Waals surface area contributed by atoms with Crippen molar-refractivity contribution in [3.8, 4) is 0 Å². The SMILES string of the molecule is CCCCCCCCC(CCC)SC(CCC)CCCCCCCC. The maximum absolute atomic E-state index is 2.38. The van der Waals surface area contributed by atoms with E-state index >= 15 is 0 Å². The molecule has 0 radical (unpaired) electrons. The molecule has 1 heteroatoms. The zero-order valence-electron chi connectivity index (χ0n) is 18.3. The van der Waals surface area contributed by atoms with E-state index < -0.39 is 0 Å². The first kappa shape index (κ1) is 25.4. The fourth-order valence-corrected chi connectivity index (χ4v) is 5.68. The lowest BCUT2D eigenvalue weighted by molar-refractivity contribution is 0.556. The van der Waals surface area contributed by atoms with Crippen molar-refractivity contribution in [2.75, 3.05) is 0 Å². The van der Waals surface area contributed by atoms with Crippen molar-refractivity contribution in [1.82, 2.24) is 0 Å². The van der Waals surface area contributed by atoms with Crippen molar-refractivity contribution in [3.63, 3.8) is 0 Å². The van der Waals surface area contributed by atoms with Gasteiger partial charge in [0.05, 0.1) is 0 Å². The Morgan fingerprint density at radius 2 is 0.760 bits per heavy atom. The van der Waals surface area contributed by atoms with Crippen molar-refractivity contribution in [3.05, 3.63) is 0 Å². The third-order valence-electron chi connectivity index (χ3n) is 5.37. The number of hydrogen-bond acceptors (Lipinski definition) is 1. The van der Waals surface area contributed by atoms with Crippen LogP contribution in [0.2, 0.25) is 0 Å². The van der Waals surface area contributed by atoms with Gasteiger partial charge >= 0.3 is 0 Å². The number of unbranched alkanes of at least 4 members (excludes halogenated alkanes) is 10. The molecule has 0 aromatic rings. The summed E-state index contributed by atoms with van der Waals surface area (Å²) in [5.74, 6) is 0. The summed E-state index contributed by atoms with van der Waals surface area (Å²) in [7, 11) is 0. The molecule has 0 aliphatic rings. The Bertz CT molecular complexity index is 214. The van der Waals surface area contributed by atoms with E-state index in [0.717, 1.165) is 10.5 Å². The van der Waals surface area contributed by atoms with Gasteiger partial charge in [0, 0.05) is 10.5 Å². The molecule has 0 aromatic carbocycles. The monoisotopic (exact) mass is 370 g/mol. The Morgan fingerprint density at radius 1 is 0.400 bits per heavy atom. The molecule has 0 aliphatic heterocycles. The summed E-state index contributed by atoms with van der Waals surface area (Å²) < 4.78 is 0. The lowest BCUT2D eigenvalue weighted by Gasteiger charge is -2.23. The molecule has 0 spiro atoms. The van der Waals surface area contributed by atoms with E-state index in [1.165, 1.54) is 116 Å². The molecule has 0 N–H and O–H groups in total. The van der Waals surface area contributed by atoms with Gasteiger partial charge in [-0.15, -0.1) is 0 Å². The molecule has 2 unspecified atom stereocenters. The first-order valence-electron chi connectivity index (χ1n) is 11.9. The summed E-state index contributed by atoms with van der Waals surface area (Å²) in [5.41, 5.74) is 0. The maximum Gasteiger partial charge on any atom is 0.00497 e. The molecule has 0 aromatic heterocycles. The fourth-order valence-electron chi connectivity index (χ4n) is 3.78. The van der Waals surface area contributed by atoms with E-state index in [4.69, 9.17) is 0 Å². The van der Waals surface area contributed by atoms with Gasteiger partial charge in [0.1, 0.15) is 0 Å². The van der Waals surface area contributed by atoms with Crippen molar-refractivity contribution >= 4 is 11.8 Å². The number of thioether (sulfide) groups is 1. The molecule has 25 heavy (non-hydrogen) atoms. The molecule has 0 nitrogen and oxygen atoms in total. The Hall–Kier alpha value is 0.350. The molecular weight excluding hydrogens is 320 g/mol. The number of rotatable bonds is 20. The van der Waals surface area contributed by atoms with Crippen molar-refractivity contribution in [1.29, 1.82) is 0 Å². The highest BCUT2D eigenvalue weighted by Gasteiger charge is 2.16. The topological polar surface area (TPSA) is 0 Å². The predicted octanol–water partition coefficient (Wildman–Crippen LogP) is 9.56. The summed E-state index contributed by atoms with van der Waals surface area (Å²) in [6, 6.07) is 0. The van der Waals surface area contributed by atoms with Crippen molar-refractivity contribution in [2.45, 2.75) is 154 Å². The van der Waals surface area contributed by atoms with Gasteiger partial charge in [-0.3, -0.25) is 0 Å². The van der Waals surface area contributed by atoms with Crippen LogP contribution in [0.25, 0.3) is 0 Å². The second kappa shape index (κ2) is 20.7. The maximum atomic E-state index is 2.38. The predicted molar refractivity (Wildman–Crippen MR) is 121 cm³/mol. The Balaban J connectivity index is 3.99. The Morgan fingerprint density at radius 3 is 1.12 bits per heavy atom. The molecule has 0 saturated carbocycles. The van der Waals surface area contributed by atoms with Gasteiger partial charge in [0.2, 0.25) is 0 Å². The van der Waals surface area contributed by atoms with Gasteiger partial charge in [-0.05, 0) is 25.7 Å². The molecule has 152 valence electrons. The fraction of sp³-hybridized carbons (Fsp3) is 1.00. The summed E-state index contributed by atoms with van der Waals surface area (Å²) >= 11 is 2.38. The lowest BCUT2D eigenvalue weighted by Crippen LogP contribution is -2.12. The van der Waals surface area contributed by atoms with Crippen LogP contribution in [0.4, 0.5) is 0 Å². The second-order valence-corrected chi connectivity index (χ2v) is 9.68. The van der Waals surface area contributed by atoms with Gasteiger partial charge in [-0.25, -0.2) is 0 Å². The zero-order chi connectivity index (χ0) is 18.6. The molecule has 0 rings (SSSR count). The van der Waals surface area contributed by atoms with E-state index in [2.05, 4.69) is 39.5 Å². The van der Waals surface area contributed by atoms with Crippen LogP contribution < -0.4 is 0 Å². The third-order valence-corrected chi connectivity index (χ3v) is 7.08.